The van der Waals surface area contributed by atoms with E-state index in [4.69, 9.17) is 14.6 Å². The van der Waals surface area contributed by atoms with E-state index in [1.165, 1.54) is 36.1 Å². The Labute approximate surface area is 207 Å². The zero-order valence-corrected chi connectivity index (χ0v) is 20.9. The van der Waals surface area contributed by atoms with E-state index in [0.29, 0.717) is 12.6 Å². The summed E-state index contributed by atoms with van der Waals surface area (Å²) in [5.74, 6) is 1.01. The molecule has 3 aromatic rings. The summed E-state index contributed by atoms with van der Waals surface area (Å²) in [4.78, 5) is 14.7. The standard InChI is InChI=1S/C28H34N4O3/c1-5-34-22-13-14-23-25(17-22)32(21-7-6-8-21)27(26(23)24-15-16-31(4)30-24)19-9-11-20(12-10-19)29-28(33)35-18(2)3/h9-18,21,26-27H,5-8H2,1-4H3,(H,29,33). The number of hydrogen-bond donors (Lipinski definition) is 1. The molecule has 2 aromatic carbocycles. The molecule has 2 unspecified atom stereocenters. The van der Waals surface area contributed by atoms with Crippen LogP contribution < -0.4 is 15.0 Å². The van der Waals surface area contributed by atoms with Gasteiger partial charge in [0.15, 0.2) is 0 Å². The third-order valence-electron chi connectivity index (χ3n) is 6.90. The van der Waals surface area contributed by atoms with E-state index in [0.717, 1.165) is 17.1 Å². The second-order valence-corrected chi connectivity index (χ2v) is 9.68. The van der Waals surface area contributed by atoms with Gasteiger partial charge >= 0.3 is 6.09 Å². The molecule has 1 aliphatic heterocycles. The monoisotopic (exact) mass is 474 g/mol. The van der Waals surface area contributed by atoms with Crippen LogP contribution in [0.4, 0.5) is 16.2 Å². The maximum Gasteiger partial charge on any atom is 0.411 e. The van der Waals surface area contributed by atoms with Crippen molar-refractivity contribution < 1.29 is 14.3 Å². The molecule has 1 fully saturated rings. The Kier molecular flexibility index (Phi) is 6.41. The third-order valence-corrected chi connectivity index (χ3v) is 6.90. The zero-order valence-electron chi connectivity index (χ0n) is 20.9. The maximum atomic E-state index is 12.1. The molecule has 1 N–H and O–H groups in total. The zero-order chi connectivity index (χ0) is 24.5. The summed E-state index contributed by atoms with van der Waals surface area (Å²) in [5.41, 5.74) is 5.51. The predicted octanol–water partition coefficient (Wildman–Crippen LogP) is 6.02. The number of carbonyl (C=O) groups excluding carboxylic acids is 1. The minimum Gasteiger partial charge on any atom is -0.494 e. The lowest BCUT2D eigenvalue weighted by atomic mass is 9.85. The highest BCUT2D eigenvalue weighted by molar-refractivity contribution is 5.84. The van der Waals surface area contributed by atoms with Crippen LogP contribution in [0.1, 0.15) is 68.8 Å². The van der Waals surface area contributed by atoms with Crippen LogP contribution in [0, 0.1) is 0 Å². The van der Waals surface area contributed by atoms with E-state index in [2.05, 4.69) is 46.6 Å². The van der Waals surface area contributed by atoms with Gasteiger partial charge in [0.05, 0.1) is 30.4 Å². The number of aryl methyl sites for hydroxylation is 1. The van der Waals surface area contributed by atoms with Crippen LogP contribution in [0.5, 0.6) is 5.75 Å². The topological polar surface area (TPSA) is 68.6 Å². The quantitative estimate of drug-likeness (QED) is 0.453. The van der Waals surface area contributed by atoms with Crippen molar-refractivity contribution in [1.82, 2.24) is 9.78 Å². The van der Waals surface area contributed by atoms with E-state index in [1.54, 1.807) is 0 Å². The number of hydrogen-bond acceptors (Lipinski definition) is 5. The molecule has 7 heteroatoms. The van der Waals surface area contributed by atoms with Crippen LogP contribution in [0.25, 0.3) is 0 Å². The number of carbonyl (C=O) groups is 1. The molecule has 0 saturated heterocycles. The van der Waals surface area contributed by atoms with Crippen molar-refractivity contribution in [2.24, 2.45) is 7.05 Å². The molecule has 5 rings (SSSR count). The summed E-state index contributed by atoms with van der Waals surface area (Å²) in [7, 11) is 1.97. The first-order valence-corrected chi connectivity index (χ1v) is 12.6. The van der Waals surface area contributed by atoms with E-state index < -0.39 is 6.09 Å². The predicted molar refractivity (Wildman–Crippen MR) is 137 cm³/mol. The van der Waals surface area contributed by atoms with Crippen LogP contribution in [-0.4, -0.2) is 34.6 Å². The molecular weight excluding hydrogens is 440 g/mol. The Balaban J connectivity index is 1.54. The number of ether oxygens (including phenoxy) is 2. The van der Waals surface area contributed by atoms with Gasteiger partial charge in [0.25, 0.3) is 0 Å². The van der Waals surface area contributed by atoms with Gasteiger partial charge in [0.2, 0.25) is 0 Å². The molecule has 2 aliphatic rings. The SMILES string of the molecule is CCOc1ccc2c(c1)N(C1CCC1)C(c1ccc(NC(=O)OC(C)C)cc1)C2c1ccn(C)n1. The van der Waals surface area contributed by atoms with Gasteiger partial charge in [-0.3, -0.25) is 10.00 Å². The van der Waals surface area contributed by atoms with Crippen LogP contribution in [0.2, 0.25) is 0 Å². The smallest absolute Gasteiger partial charge is 0.411 e. The molecule has 35 heavy (non-hydrogen) atoms. The first kappa shape index (κ1) is 23.3. The fourth-order valence-corrected chi connectivity index (χ4v) is 5.23. The summed E-state index contributed by atoms with van der Waals surface area (Å²) in [5, 5.41) is 7.66. The number of anilines is 2. The number of rotatable bonds is 7. The van der Waals surface area contributed by atoms with Crippen molar-refractivity contribution in [3.05, 3.63) is 71.5 Å². The van der Waals surface area contributed by atoms with Gasteiger partial charge in [-0.15, -0.1) is 0 Å². The van der Waals surface area contributed by atoms with Crippen molar-refractivity contribution in [1.29, 1.82) is 0 Å². The molecule has 0 radical (unpaired) electrons. The Morgan fingerprint density at radius 3 is 2.51 bits per heavy atom. The summed E-state index contributed by atoms with van der Waals surface area (Å²) < 4.78 is 13.0. The van der Waals surface area contributed by atoms with E-state index >= 15 is 0 Å². The first-order chi connectivity index (χ1) is 16.9. The molecule has 0 spiro atoms. The van der Waals surface area contributed by atoms with Gasteiger partial charge < -0.3 is 14.4 Å². The number of benzene rings is 2. The van der Waals surface area contributed by atoms with Crippen LogP contribution in [0.15, 0.2) is 54.7 Å². The molecule has 0 bridgehead atoms. The van der Waals surface area contributed by atoms with Gasteiger partial charge in [-0.1, -0.05) is 18.2 Å². The van der Waals surface area contributed by atoms with Crippen LogP contribution >= 0.6 is 0 Å². The second kappa shape index (κ2) is 9.64. The average molecular weight is 475 g/mol. The molecular formula is C28H34N4O3. The molecule has 2 heterocycles. The summed E-state index contributed by atoms with van der Waals surface area (Å²) in [6, 6.07) is 17.4. The van der Waals surface area contributed by atoms with Gasteiger partial charge in [-0.25, -0.2) is 4.79 Å². The lowest BCUT2D eigenvalue weighted by Crippen LogP contribution is -2.41. The second-order valence-electron chi connectivity index (χ2n) is 9.68. The highest BCUT2D eigenvalue weighted by Crippen LogP contribution is 2.55. The highest BCUT2D eigenvalue weighted by Gasteiger charge is 2.45. The Hall–Kier alpha value is -3.48. The van der Waals surface area contributed by atoms with Crippen molar-refractivity contribution in [2.75, 3.05) is 16.8 Å². The van der Waals surface area contributed by atoms with Crippen LogP contribution in [0.3, 0.4) is 0 Å². The summed E-state index contributed by atoms with van der Waals surface area (Å²) in [6.45, 7) is 6.33. The molecule has 184 valence electrons. The van der Waals surface area contributed by atoms with Gasteiger partial charge in [0.1, 0.15) is 5.75 Å². The van der Waals surface area contributed by atoms with E-state index in [1.807, 2.05) is 50.8 Å². The fourth-order valence-electron chi connectivity index (χ4n) is 5.23. The Morgan fingerprint density at radius 1 is 1.14 bits per heavy atom. The van der Waals surface area contributed by atoms with E-state index in [9.17, 15) is 4.79 Å². The minimum atomic E-state index is -0.438. The summed E-state index contributed by atoms with van der Waals surface area (Å²) in [6.07, 6.45) is 5.04. The lowest BCUT2D eigenvalue weighted by molar-refractivity contribution is 0.130. The van der Waals surface area contributed by atoms with Crippen molar-refractivity contribution >= 4 is 17.5 Å². The number of nitrogens with zero attached hydrogens (tertiary/aromatic N) is 3. The minimum absolute atomic E-state index is 0.104. The van der Waals surface area contributed by atoms with Gasteiger partial charge in [-0.05, 0) is 75.4 Å². The number of amides is 1. The number of nitrogens with one attached hydrogen (secondary N) is 1. The molecule has 1 amide bonds. The molecule has 2 atom stereocenters. The Bertz CT molecular complexity index is 1180. The number of fused-ring (bicyclic) bond motifs is 1. The molecule has 1 aromatic heterocycles. The van der Waals surface area contributed by atoms with Gasteiger partial charge in [-0.2, -0.15) is 5.10 Å². The van der Waals surface area contributed by atoms with Crippen molar-refractivity contribution in [2.45, 2.75) is 64.1 Å². The molecule has 1 saturated carbocycles. The van der Waals surface area contributed by atoms with Crippen molar-refractivity contribution in [3.63, 3.8) is 0 Å². The molecule has 7 nitrogen and oxygen atoms in total. The highest BCUT2D eigenvalue weighted by atomic mass is 16.6. The normalized spacial score (nSPS) is 19.4. The van der Waals surface area contributed by atoms with Gasteiger partial charge in [0, 0.05) is 36.7 Å². The van der Waals surface area contributed by atoms with Crippen LogP contribution in [-0.2, 0) is 11.8 Å². The number of aromatic nitrogens is 2. The largest absolute Gasteiger partial charge is 0.494 e. The third kappa shape index (κ3) is 4.59. The maximum absolute atomic E-state index is 12.1. The summed E-state index contributed by atoms with van der Waals surface area (Å²) >= 11 is 0. The Morgan fingerprint density at radius 2 is 1.91 bits per heavy atom. The average Bonchev–Trinajstić information content (AvgIpc) is 3.34. The van der Waals surface area contributed by atoms with E-state index in [-0.39, 0.29) is 18.1 Å². The first-order valence-electron chi connectivity index (χ1n) is 12.6. The fraction of sp³-hybridized carbons (Fsp3) is 0.429. The molecule has 1 aliphatic carbocycles. The lowest BCUT2D eigenvalue weighted by Gasteiger charge is -2.42. The van der Waals surface area contributed by atoms with Crippen molar-refractivity contribution in [3.8, 4) is 5.75 Å².